The van der Waals surface area contributed by atoms with Gasteiger partial charge in [-0.2, -0.15) is 0 Å². The Balaban J connectivity index is 1.93. The second kappa shape index (κ2) is 10.4. The van der Waals surface area contributed by atoms with E-state index in [2.05, 4.69) is 122 Å². The smallest absolute Gasteiger partial charge is 0.161 e. The molecule has 0 saturated carbocycles. The van der Waals surface area contributed by atoms with Gasteiger partial charge in [-0.15, -0.1) is 11.8 Å². The van der Waals surface area contributed by atoms with Crippen LogP contribution in [0.3, 0.4) is 0 Å². The van der Waals surface area contributed by atoms with Crippen molar-refractivity contribution in [1.82, 2.24) is 0 Å². The number of rotatable bonds is 6. The van der Waals surface area contributed by atoms with Crippen LogP contribution in [0.1, 0.15) is 18.9 Å². The number of amidine groups is 1. The Kier molecular flexibility index (Phi) is 6.94. The molecule has 34 heavy (non-hydrogen) atoms. The average Bonchev–Trinajstić information content (AvgIpc) is 3.35. The first-order chi connectivity index (χ1) is 16.8. The van der Waals surface area contributed by atoms with Crippen molar-refractivity contribution in [3.63, 3.8) is 0 Å². The van der Waals surface area contributed by atoms with Gasteiger partial charge in [0.05, 0.1) is 0 Å². The molecule has 0 bridgehead atoms. The summed E-state index contributed by atoms with van der Waals surface area (Å²) in [6.45, 7) is -0.0601. The van der Waals surface area contributed by atoms with E-state index in [4.69, 9.17) is 9.98 Å². The summed E-state index contributed by atoms with van der Waals surface area (Å²) in [6, 6.07) is 43.0. The number of hydrogen-bond acceptors (Lipinski definition) is 2. The predicted octanol–water partition coefficient (Wildman–Crippen LogP) is 6.11. The lowest BCUT2D eigenvalue weighted by atomic mass is 10.2. The summed E-state index contributed by atoms with van der Waals surface area (Å²) in [5, 5.41) is 4.94. The van der Waals surface area contributed by atoms with Gasteiger partial charge in [0, 0.05) is 12.4 Å². The molecule has 4 aromatic rings. The lowest BCUT2D eigenvalue weighted by Gasteiger charge is -2.30. The Morgan fingerprint density at radius 1 is 0.588 bits per heavy atom. The molecule has 5 rings (SSSR count). The molecule has 0 radical (unpaired) electrons. The van der Waals surface area contributed by atoms with Gasteiger partial charge >= 0.3 is 0 Å². The van der Waals surface area contributed by atoms with E-state index in [-0.39, 0.29) is 0 Å². The summed E-state index contributed by atoms with van der Waals surface area (Å²) in [5.74, 6) is 1.82. The minimum atomic E-state index is -2.28. The summed E-state index contributed by atoms with van der Waals surface area (Å²) in [4.78, 5) is 10.5. The van der Waals surface area contributed by atoms with E-state index in [9.17, 15) is 0 Å². The molecule has 2 nitrogen and oxygen atoms in total. The molecule has 1 heterocycles. The zero-order chi connectivity index (χ0) is 23.2. The van der Waals surface area contributed by atoms with Crippen LogP contribution in [0.4, 0.5) is 0 Å². The Morgan fingerprint density at radius 3 is 1.47 bits per heavy atom. The van der Waals surface area contributed by atoms with Crippen molar-refractivity contribution in [3.05, 3.63) is 127 Å². The van der Waals surface area contributed by atoms with E-state index in [0.717, 1.165) is 34.0 Å². The highest BCUT2D eigenvalue weighted by Gasteiger charge is 2.35. The fourth-order valence-electron chi connectivity index (χ4n) is 4.32. The van der Waals surface area contributed by atoms with Gasteiger partial charge in [0.2, 0.25) is 0 Å². The van der Waals surface area contributed by atoms with Crippen LogP contribution in [0, 0.1) is 0 Å². The topological polar surface area (TPSA) is 24.7 Å². The first-order valence-corrected chi connectivity index (χ1v) is 14.4. The maximum atomic E-state index is 5.35. The van der Waals surface area contributed by atoms with Gasteiger partial charge in [0.25, 0.3) is 0 Å². The van der Waals surface area contributed by atoms with Gasteiger partial charge in [0.1, 0.15) is 10.5 Å². The predicted molar refractivity (Wildman–Crippen MR) is 153 cm³/mol. The molecule has 0 atom stereocenters. The molecule has 0 aliphatic carbocycles. The van der Waals surface area contributed by atoms with Crippen molar-refractivity contribution in [2.45, 2.75) is 13.3 Å². The molecule has 168 valence electrons. The van der Waals surface area contributed by atoms with Crippen molar-refractivity contribution < 1.29 is 0 Å². The van der Waals surface area contributed by atoms with Gasteiger partial charge in [-0.3, -0.25) is 0 Å². The molecule has 1 aliphatic rings. The number of nitrogens with zero attached hydrogens (tertiary/aromatic N) is 2. The molecule has 0 saturated heterocycles. The summed E-state index contributed by atoms with van der Waals surface area (Å²) in [6.07, 6.45) is 1.09. The van der Waals surface area contributed by atoms with E-state index >= 15 is 0 Å². The molecule has 1 aliphatic heterocycles. The number of hydrogen-bond donors (Lipinski definition) is 0. The van der Waals surface area contributed by atoms with Gasteiger partial charge in [0.15, 0.2) is 5.84 Å². The fourth-order valence-corrected chi connectivity index (χ4v) is 9.71. The van der Waals surface area contributed by atoms with Crippen LogP contribution < -0.4 is 15.9 Å². The van der Waals surface area contributed by atoms with Crippen LogP contribution in [0.15, 0.2) is 131 Å². The third-order valence-corrected chi connectivity index (χ3v) is 11.3. The molecule has 0 spiro atoms. The summed E-state index contributed by atoms with van der Waals surface area (Å²) >= 11 is 1.83. The zero-order valence-corrected chi connectivity index (χ0v) is 20.9. The molecule has 0 amide bonds. The van der Waals surface area contributed by atoms with Gasteiger partial charge < -0.3 is 0 Å². The molecular weight excluding hydrogens is 451 g/mol. The van der Waals surface area contributed by atoms with Crippen molar-refractivity contribution >= 4 is 50.9 Å². The van der Waals surface area contributed by atoms with E-state index in [1.165, 1.54) is 15.9 Å². The molecular formula is C30H27N2PS. The van der Waals surface area contributed by atoms with Gasteiger partial charge in [-0.25, -0.2) is 9.98 Å². The Hall–Kier alpha value is -3.13. The highest BCUT2D eigenvalue weighted by molar-refractivity contribution is 8.18. The van der Waals surface area contributed by atoms with Crippen molar-refractivity contribution in [2.24, 2.45) is 9.98 Å². The van der Waals surface area contributed by atoms with Crippen LogP contribution in [0.25, 0.3) is 0 Å². The highest BCUT2D eigenvalue weighted by Crippen LogP contribution is 2.48. The SMILES string of the molecule is CCCSC1=NC(c2ccccc2)=NC1=P(c1ccccc1)(c1ccccc1)c1ccccc1. The molecule has 4 aromatic carbocycles. The first kappa shape index (κ1) is 22.7. The Labute approximate surface area is 206 Å². The van der Waals surface area contributed by atoms with Crippen molar-refractivity contribution in [2.75, 3.05) is 5.75 Å². The molecule has 0 fully saturated rings. The van der Waals surface area contributed by atoms with Crippen LogP contribution in [-0.4, -0.2) is 22.0 Å². The van der Waals surface area contributed by atoms with E-state index in [0.29, 0.717) is 0 Å². The summed E-state index contributed by atoms with van der Waals surface area (Å²) < 4.78 is 0. The minimum Gasteiger partial charge on any atom is -0.225 e. The highest BCUT2D eigenvalue weighted by atomic mass is 32.2. The van der Waals surface area contributed by atoms with Crippen LogP contribution in [-0.2, 0) is 0 Å². The van der Waals surface area contributed by atoms with Crippen molar-refractivity contribution in [1.29, 1.82) is 0 Å². The largest absolute Gasteiger partial charge is 0.225 e. The second-order valence-corrected chi connectivity index (χ2v) is 12.5. The normalized spacial score (nSPS) is 13.5. The summed E-state index contributed by atoms with van der Waals surface area (Å²) in [7, 11) is 0. The zero-order valence-electron chi connectivity index (χ0n) is 19.2. The maximum absolute atomic E-state index is 5.35. The van der Waals surface area contributed by atoms with E-state index in [1.807, 2.05) is 17.8 Å². The lowest BCUT2D eigenvalue weighted by Crippen LogP contribution is -2.31. The standard InChI is InChI=1S/C30H27N2PS/c1-2-23-34-30-29(31-28(32-30)24-15-7-3-8-16-24)33(25-17-9-4-10-18-25,26-19-11-5-12-20-26)27-21-13-6-14-22-27/h3-22H,2,23H2,1H3. The molecule has 0 N–H and O–H groups in total. The fraction of sp³-hybridized carbons (Fsp3) is 0.100. The molecule has 0 unspecified atom stereocenters. The van der Waals surface area contributed by atoms with Crippen LogP contribution >= 0.6 is 18.6 Å². The lowest BCUT2D eigenvalue weighted by molar-refractivity contribution is 1.11. The molecule has 0 aromatic heterocycles. The van der Waals surface area contributed by atoms with E-state index < -0.39 is 6.89 Å². The van der Waals surface area contributed by atoms with E-state index in [1.54, 1.807) is 0 Å². The minimum absolute atomic E-state index is 0.807. The summed E-state index contributed by atoms with van der Waals surface area (Å²) in [5.41, 5.74) is 2.16. The quantitative estimate of drug-likeness (QED) is 0.307. The Bertz CT molecular complexity index is 1260. The van der Waals surface area contributed by atoms with Crippen LogP contribution in [0.2, 0.25) is 0 Å². The van der Waals surface area contributed by atoms with Gasteiger partial charge in [-0.1, -0.05) is 128 Å². The second-order valence-electron chi connectivity index (χ2n) is 8.07. The number of thioether (sulfide) groups is 1. The van der Waals surface area contributed by atoms with Crippen molar-refractivity contribution in [3.8, 4) is 0 Å². The third-order valence-electron chi connectivity index (χ3n) is 5.83. The average molecular weight is 479 g/mol. The number of aliphatic imine (C=N–C) groups is 2. The van der Waals surface area contributed by atoms with Gasteiger partial charge in [-0.05, 0) is 28.1 Å². The third kappa shape index (κ3) is 4.22. The maximum Gasteiger partial charge on any atom is 0.161 e. The Morgan fingerprint density at radius 2 is 1.03 bits per heavy atom. The number of benzene rings is 4. The molecule has 4 heteroatoms. The van der Waals surface area contributed by atoms with Crippen LogP contribution in [0.5, 0.6) is 0 Å². The first-order valence-electron chi connectivity index (χ1n) is 11.6. The monoisotopic (exact) mass is 478 g/mol.